The van der Waals surface area contributed by atoms with Crippen LogP contribution in [0.1, 0.15) is 30.9 Å². The lowest BCUT2D eigenvalue weighted by atomic mass is 10.0. The van der Waals surface area contributed by atoms with Gasteiger partial charge in [-0.3, -0.25) is 0 Å². The Balaban J connectivity index is 1.61. The van der Waals surface area contributed by atoms with Gasteiger partial charge in [0, 0.05) is 25.3 Å². The molecule has 2 heteroatoms. The Morgan fingerprint density at radius 1 is 1.39 bits per heavy atom. The van der Waals surface area contributed by atoms with Crippen LogP contribution in [0.15, 0.2) is 18.2 Å². The standard InChI is InChI=1S/C16H24N2/c1-12-8-15(12)11-18(2)10-13-5-6-16-14(9-13)4-3-7-17-16/h5-6,9,12,15,17H,3-4,7-8,10-11H2,1-2H3. The Kier molecular flexibility index (Phi) is 3.29. The predicted octanol–water partition coefficient (Wildman–Crippen LogP) is 3.13. The molecule has 98 valence electrons. The van der Waals surface area contributed by atoms with Gasteiger partial charge in [0.25, 0.3) is 0 Å². The lowest BCUT2D eigenvalue weighted by Gasteiger charge is -2.21. The number of rotatable bonds is 4. The Hall–Kier alpha value is -1.02. The summed E-state index contributed by atoms with van der Waals surface area (Å²) in [6.07, 6.45) is 3.93. The zero-order valence-corrected chi connectivity index (χ0v) is 11.6. The summed E-state index contributed by atoms with van der Waals surface area (Å²) in [6.45, 7) is 5.85. The monoisotopic (exact) mass is 244 g/mol. The number of nitrogens with zero attached hydrogens (tertiary/aromatic N) is 1. The van der Waals surface area contributed by atoms with Gasteiger partial charge in [-0.1, -0.05) is 19.1 Å². The third-order valence-electron chi connectivity index (χ3n) is 4.38. The molecule has 2 nitrogen and oxygen atoms in total. The first-order valence-corrected chi connectivity index (χ1v) is 7.26. The molecule has 0 radical (unpaired) electrons. The Morgan fingerprint density at radius 3 is 3.00 bits per heavy atom. The summed E-state index contributed by atoms with van der Waals surface area (Å²) in [5.74, 6) is 1.91. The van der Waals surface area contributed by atoms with E-state index in [2.05, 4.69) is 42.4 Å². The van der Waals surface area contributed by atoms with Crippen LogP contribution in [-0.2, 0) is 13.0 Å². The minimum Gasteiger partial charge on any atom is -0.385 e. The van der Waals surface area contributed by atoms with Gasteiger partial charge in [-0.25, -0.2) is 0 Å². The molecule has 3 rings (SSSR count). The van der Waals surface area contributed by atoms with Crippen molar-refractivity contribution in [2.24, 2.45) is 11.8 Å². The first kappa shape index (κ1) is 12.0. The van der Waals surface area contributed by atoms with Gasteiger partial charge < -0.3 is 10.2 Å². The third-order valence-corrected chi connectivity index (χ3v) is 4.38. The lowest BCUT2D eigenvalue weighted by Crippen LogP contribution is -2.21. The minimum absolute atomic E-state index is 0.953. The number of fused-ring (bicyclic) bond motifs is 1. The van der Waals surface area contributed by atoms with Crippen molar-refractivity contribution in [2.75, 3.05) is 25.5 Å². The molecule has 1 aliphatic heterocycles. The maximum Gasteiger partial charge on any atom is 0.0372 e. The van der Waals surface area contributed by atoms with Crippen molar-refractivity contribution in [1.82, 2.24) is 4.90 Å². The zero-order chi connectivity index (χ0) is 12.5. The van der Waals surface area contributed by atoms with E-state index in [1.165, 1.54) is 42.6 Å². The number of aryl methyl sites for hydroxylation is 1. The molecule has 1 heterocycles. The van der Waals surface area contributed by atoms with E-state index in [0.717, 1.165) is 24.9 Å². The average molecular weight is 244 g/mol. The molecule has 2 unspecified atom stereocenters. The molecule has 2 atom stereocenters. The van der Waals surface area contributed by atoms with E-state index in [9.17, 15) is 0 Å². The molecule has 1 N–H and O–H groups in total. The fraction of sp³-hybridized carbons (Fsp3) is 0.625. The van der Waals surface area contributed by atoms with Crippen LogP contribution >= 0.6 is 0 Å². The zero-order valence-electron chi connectivity index (χ0n) is 11.6. The number of hydrogen-bond acceptors (Lipinski definition) is 2. The van der Waals surface area contributed by atoms with Gasteiger partial charge in [-0.15, -0.1) is 0 Å². The van der Waals surface area contributed by atoms with Crippen molar-refractivity contribution in [3.8, 4) is 0 Å². The van der Waals surface area contributed by atoms with Crippen molar-refractivity contribution >= 4 is 5.69 Å². The largest absolute Gasteiger partial charge is 0.385 e. The van der Waals surface area contributed by atoms with Crippen molar-refractivity contribution in [1.29, 1.82) is 0 Å². The molecular formula is C16H24N2. The maximum atomic E-state index is 3.48. The van der Waals surface area contributed by atoms with E-state index < -0.39 is 0 Å². The molecule has 1 fully saturated rings. The summed E-state index contributed by atoms with van der Waals surface area (Å²) in [6, 6.07) is 6.94. The van der Waals surface area contributed by atoms with Crippen LogP contribution in [0, 0.1) is 11.8 Å². The van der Waals surface area contributed by atoms with Crippen molar-refractivity contribution in [2.45, 2.75) is 32.7 Å². The highest BCUT2D eigenvalue weighted by Crippen LogP contribution is 2.38. The predicted molar refractivity (Wildman–Crippen MR) is 76.9 cm³/mol. The second-order valence-electron chi connectivity index (χ2n) is 6.19. The molecule has 2 aliphatic rings. The minimum atomic E-state index is 0.953. The molecule has 0 spiro atoms. The highest BCUT2D eigenvalue weighted by Gasteiger charge is 2.32. The van der Waals surface area contributed by atoms with Crippen LogP contribution in [0.3, 0.4) is 0 Å². The first-order chi connectivity index (χ1) is 8.72. The topological polar surface area (TPSA) is 15.3 Å². The van der Waals surface area contributed by atoms with E-state index >= 15 is 0 Å². The molecule has 1 aromatic carbocycles. The van der Waals surface area contributed by atoms with Gasteiger partial charge in [0.05, 0.1) is 0 Å². The van der Waals surface area contributed by atoms with E-state index in [1.54, 1.807) is 0 Å². The normalized spacial score (nSPS) is 25.7. The van der Waals surface area contributed by atoms with E-state index in [0.29, 0.717) is 0 Å². The van der Waals surface area contributed by atoms with Crippen LogP contribution in [0.2, 0.25) is 0 Å². The molecule has 1 saturated carbocycles. The van der Waals surface area contributed by atoms with Crippen LogP contribution < -0.4 is 5.32 Å². The first-order valence-electron chi connectivity index (χ1n) is 7.26. The van der Waals surface area contributed by atoms with E-state index in [-0.39, 0.29) is 0 Å². The molecule has 0 bridgehead atoms. The summed E-state index contributed by atoms with van der Waals surface area (Å²) in [5, 5.41) is 3.48. The van der Waals surface area contributed by atoms with Gasteiger partial charge in [-0.2, -0.15) is 0 Å². The SMILES string of the molecule is CC1CC1CN(C)Cc1ccc2c(c1)CCCN2. The Bertz CT molecular complexity index is 427. The Morgan fingerprint density at radius 2 is 2.22 bits per heavy atom. The van der Waals surface area contributed by atoms with Crippen LogP contribution in [0.5, 0.6) is 0 Å². The fourth-order valence-electron chi connectivity index (χ4n) is 3.06. The number of hydrogen-bond donors (Lipinski definition) is 1. The van der Waals surface area contributed by atoms with Gasteiger partial charge >= 0.3 is 0 Å². The van der Waals surface area contributed by atoms with Crippen LogP contribution in [0.25, 0.3) is 0 Å². The highest BCUT2D eigenvalue weighted by atomic mass is 15.1. The summed E-state index contributed by atoms with van der Waals surface area (Å²) in [5.41, 5.74) is 4.32. The van der Waals surface area contributed by atoms with Crippen LogP contribution in [-0.4, -0.2) is 25.0 Å². The molecule has 0 aromatic heterocycles. The lowest BCUT2D eigenvalue weighted by molar-refractivity contribution is 0.307. The fourth-order valence-corrected chi connectivity index (χ4v) is 3.06. The molecule has 1 aromatic rings. The maximum absolute atomic E-state index is 3.48. The second-order valence-corrected chi connectivity index (χ2v) is 6.19. The highest BCUT2D eigenvalue weighted by molar-refractivity contribution is 5.54. The molecule has 1 aliphatic carbocycles. The van der Waals surface area contributed by atoms with Crippen LogP contribution in [0.4, 0.5) is 5.69 Å². The summed E-state index contributed by atoms with van der Waals surface area (Å²) < 4.78 is 0. The number of benzene rings is 1. The van der Waals surface area contributed by atoms with Crippen molar-refractivity contribution in [3.63, 3.8) is 0 Å². The molecular weight excluding hydrogens is 220 g/mol. The van der Waals surface area contributed by atoms with Gasteiger partial charge in [-0.05, 0) is 55.3 Å². The van der Waals surface area contributed by atoms with Crippen molar-refractivity contribution in [3.05, 3.63) is 29.3 Å². The molecule has 0 saturated heterocycles. The van der Waals surface area contributed by atoms with Gasteiger partial charge in [0.1, 0.15) is 0 Å². The Labute approximate surface area is 110 Å². The third kappa shape index (κ3) is 2.69. The number of nitrogens with one attached hydrogen (secondary N) is 1. The summed E-state index contributed by atoms with van der Waals surface area (Å²) in [7, 11) is 2.25. The number of anilines is 1. The van der Waals surface area contributed by atoms with E-state index in [4.69, 9.17) is 0 Å². The average Bonchev–Trinajstić information content (AvgIpc) is 3.04. The van der Waals surface area contributed by atoms with E-state index in [1.807, 2.05) is 0 Å². The molecule has 0 amide bonds. The van der Waals surface area contributed by atoms with Gasteiger partial charge in [0.2, 0.25) is 0 Å². The van der Waals surface area contributed by atoms with Crippen molar-refractivity contribution < 1.29 is 0 Å². The summed E-state index contributed by atoms with van der Waals surface area (Å²) in [4.78, 5) is 2.48. The smallest absolute Gasteiger partial charge is 0.0372 e. The molecule has 18 heavy (non-hydrogen) atoms. The quantitative estimate of drug-likeness (QED) is 0.875. The second kappa shape index (κ2) is 4.93. The summed E-state index contributed by atoms with van der Waals surface area (Å²) >= 11 is 0. The van der Waals surface area contributed by atoms with Gasteiger partial charge in [0.15, 0.2) is 0 Å².